The Balaban J connectivity index is 2.50. The largest absolute Gasteiger partial charge is 0.495 e. The fourth-order valence-electron chi connectivity index (χ4n) is 2.47. The van der Waals surface area contributed by atoms with Crippen molar-refractivity contribution in [2.75, 3.05) is 13.7 Å². The number of rotatable bonds is 2. The van der Waals surface area contributed by atoms with E-state index in [1.807, 2.05) is 6.07 Å². The minimum atomic E-state index is 0.100. The second-order valence-corrected chi connectivity index (χ2v) is 6.39. The SMILES string of the molecule is COc1c(Cl)cc(C(C)(C)C)cc1C1CCCN1. The molecule has 0 radical (unpaired) electrons. The third-order valence-electron chi connectivity index (χ3n) is 3.58. The molecule has 0 aliphatic carbocycles. The summed E-state index contributed by atoms with van der Waals surface area (Å²) in [5, 5.41) is 4.23. The molecule has 1 aliphatic rings. The smallest absolute Gasteiger partial charge is 0.142 e. The molecule has 0 aromatic heterocycles. The van der Waals surface area contributed by atoms with Gasteiger partial charge in [0.15, 0.2) is 0 Å². The molecule has 1 aromatic carbocycles. The molecule has 2 rings (SSSR count). The van der Waals surface area contributed by atoms with Crippen LogP contribution >= 0.6 is 11.6 Å². The molecule has 18 heavy (non-hydrogen) atoms. The molecule has 1 saturated heterocycles. The van der Waals surface area contributed by atoms with E-state index in [1.54, 1.807) is 7.11 Å². The van der Waals surface area contributed by atoms with E-state index >= 15 is 0 Å². The van der Waals surface area contributed by atoms with Crippen LogP contribution in [0.25, 0.3) is 0 Å². The number of ether oxygens (including phenoxy) is 1. The van der Waals surface area contributed by atoms with E-state index < -0.39 is 0 Å². The average molecular weight is 268 g/mol. The topological polar surface area (TPSA) is 21.3 Å². The van der Waals surface area contributed by atoms with Crippen molar-refractivity contribution < 1.29 is 4.74 Å². The number of methoxy groups -OCH3 is 1. The molecule has 100 valence electrons. The zero-order chi connectivity index (χ0) is 13.3. The molecular weight excluding hydrogens is 246 g/mol. The first-order valence-electron chi connectivity index (χ1n) is 6.55. The average Bonchev–Trinajstić information content (AvgIpc) is 2.79. The predicted molar refractivity (Wildman–Crippen MR) is 76.7 cm³/mol. The summed E-state index contributed by atoms with van der Waals surface area (Å²) in [6.07, 6.45) is 2.37. The van der Waals surface area contributed by atoms with Gasteiger partial charge in [0.05, 0.1) is 12.1 Å². The summed E-state index contributed by atoms with van der Waals surface area (Å²) in [5.74, 6) is 0.823. The van der Waals surface area contributed by atoms with Crippen molar-refractivity contribution in [3.05, 3.63) is 28.3 Å². The lowest BCUT2D eigenvalue weighted by Gasteiger charge is -2.24. The van der Waals surface area contributed by atoms with Gasteiger partial charge in [0.25, 0.3) is 0 Å². The fourth-order valence-corrected chi connectivity index (χ4v) is 2.78. The van der Waals surface area contributed by atoms with Crippen molar-refractivity contribution in [3.8, 4) is 5.75 Å². The monoisotopic (exact) mass is 267 g/mol. The Hall–Kier alpha value is -0.730. The Morgan fingerprint density at radius 1 is 1.33 bits per heavy atom. The van der Waals surface area contributed by atoms with E-state index in [2.05, 4.69) is 32.2 Å². The molecule has 1 unspecified atom stereocenters. The summed E-state index contributed by atoms with van der Waals surface area (Å²) < 4.78 is 5.48. The number of benzene rings is 1. The normalized spacial score (nSPS) is 20.2. The van der Waals surface area contributed by atoms with Crippen LogP contribution in [0.15, 0.2) is 12.1 Å². The van der Waals surface area contributed by atoms with Crippen LogP contribution in [0.4, 0.5) is 0 Å². The van der Waals surface area contributed by atoms with Crippen molar-refractivity contribution in [2.24, 2.45) is 0 Å². The van der Waals surface area contributed by atoms with Crippen molar-refractivity contribution in [1.82, 2.24) is 5.32 Å². The van der Waals surface area contributed by atoms with Crippen molar-refractivity contribution in [2.45, 2.75) is 45.1 Å². The third-order valence-corrected chi connectivity index (χ3v) is 3.86. The minimum Gasteiger partial charge on any atom is -0.495 e. The molecule has 2 nitrogen and oxygen atoms in total. The van der Waals surface area contributed by atoms with Crippen LogP contribution in [0.5, 0.6) is 5.75 Å². The number of hydrogen-bond donors (Lipinski definition) is 1. The Morgan fingerprint density at radius 2 is 2.06 bits per heavy atom. The maximum atomic E-state index is 6.37. The van der Waals surface area contributed by atoms with E-state index in [4.69, 9.17) is 16.3 Å². The molecule has 3 heteroatoms. The molecule has 1 fully saturated rings. The Kier molecular flexibility index (Phi) is 3.88. The van der Waals surface area contributed by atoms with Gasteiger partial charge in [-0.3, -0.25) is 0 Å². The van der Waals surface area contributed by atoms with Crippen molar-refractivity contribution in [3.63, 3.8) is 0 Å². The highest BCUT2D eigenvalue weighted by atomic mass is 35.5. The van der Waals surface area contributed by atoms with E-state index in [9.17, 15) is 0 Å². The first-order chi connectivity index (χ1) is 8.43. The zero-order valence-electron chi connectivity index (χ0n) is 11.6. The summed E-state index contributed by atoms with van der Waals surface area (Å²) in [5.41, 5.74) is 2.56. The van der Waals surface area contributed by atoms with Crippen LogP contribution in [0, 0.1) is 0 Å². The zero-order valence-corrected chi connectivity index (χ0v) is 12.4. The minimum absolute atomic E-state index is 0.100. The highest BCUT2D eigenvalue weighted by Gasteiger charge is 2.25. The molecule has 1 heterocycles. The van der Waals surface area contributed by atoms with Gasteiger partial charge in [0.1, 0.15) is 5.75 Å². The molecule has 1 aromatic rings. The lowest BCUT2D eigenvalue weighted by molar-refractivity contribution is 0.402. The number of hydrogen-bond acceptors (Lipinski definition) is 2. The molecule has 0 spiro atoms. The summed E-state index contributed by atoms with van der Waals surface area (Å²) >= 11 is 6.37. The maximum Gasteiger partial charge on any atom is 0.142 e. The second kappa shape index (κ2) is 5.10. The lowest BCUT2D eigenvalue weighted by Crippen LogP contribution is -2.17. The molecule has 0 bridgehead atoms. The molecule has 0 saturated carbocycles. The number of nitrogens with one attached hydrogen (secondary N) is 1. The Labute approximate surface area is 115 Å². The maximum absolute atomic E-state index is 6.37. The van der Waals surface area contributed by atoms with Crippen molar-refractivity contribution in [1.29, 1.82) is 0 Å². The van der Waals surface area contributed by atoms with E-state index in [0.29, 0.717) is 11.1 Å². The lowest BCUT2D eigenvalue weighted by atomic mass is 9.85. The van der Waals surface area contributed by atoms with Gasteiger partial charge in [0, 0.05) is 11.6 Å². The Morgan fingerprint density at radius 3 is 2.56 bits per heavy atom. The van der Waals surface area contributed by atoms with Crippen LogP contribution in [-0.2, 0) is 5.41 Å². The van der Waals surface area contributed by atoms with Gasteiger partial charge in [-0.25, -0.2) is 0 Å². The van der Waals surface area contributed by atoms with Crippen LogP contribution in [0.1, 0.15) is 50.8 Å². The summed E-state index contributed by atoms with van der Waals surface area (Å²) in [7, 11) is 1.69. The first kappa shape index (κ1) is 13.7. The quantitative estimate of drug-likeness (QED) is 0.872. The van der Waals surface area contributed by atoms with E-state index in [1.165, 1.54) is 17.5 Å². The highest BCUT2D eigenvalue weighted by molar-refractivity contribution is 6.32. The summed E-state index contributed by atoms with van der Waals surface area (Å²) in [4.78, 5) is 0. The summed E-state index contributed by atoms with van der Waals surface area (Å²) in [6, 6.07) is 4.65. The Bertz CT molecular complexity index is 431. The highest BCUT2D eigenvalue weighted by Crippen LogP contribution is 2.39. The van der Waals surface area contributed by atoms with Crippen LogP contribution in [0.3, 0.4) is 0 Å². The van der Waals surface area contributed by atoms with Gasteiger partial charge in [-0.2, -0.15) is 0 Å². The standard InChI is InChI=1S/C15H22ClNO/c1-15(2,3)10-8-11(13-6-5-7-17-13)14(18-4)12(16)9-10/h8-9,13,17H,5-7H2,1-4H3. The van der Waals surface area contributed by atoms with Gasteiger partial charge >= 0.3 is 0 Å². The molecule has 1 atom stereocenters. The third kappa shape index (κ3) is 2.65. The van der Waals surface area contributed by atoms with Crippen LogP contribution in [-0.4, -0.2) is 13.7 Å². The predicted octanol–water partition coefficient (Wildman–Crippen LogP) is 4.07. The van der Waals surface area contributed by atoms with Crippen LogP contribution in [0.2, 0.25) is 5.02 Å². The number of halogens is 1. The fraction of sp³-hybridized carbons (Fsp3) is 0.600. The van der Waals surface area contributed by atoms with Crippen LogP contribution < -0.4 is 10.1 Å². The van der Waals surface area contributed by atoms with E-state index in [-0.39, 0.29) is 5.41 Å². The summed E-state index contributed by atoms with van der Waals surface area (Å²) in [6.45, 7) is 7.69. The molecule has 0 amide bonds. The van der Waals surface area contributed by atoms with Gasteiger partial charge in [-0.1, -0.05) is 32.4 Å². The molecule has 1 N–H and O–H groups in total. The molecule has 1 aliphatic heterocycles. The van der Waals surface area contributed by atoms with Gasteiger partial charge < -0.3 is 10.1 Å². The van der Waals surface area contributed by atoms with Gasteiger partial charge in [-0.05, 0) is 42.5 Å². The molecular formula is C15H22ClNO. The second-order valence-electron chi connectivity index (χ2n) is 5.98. The van der Waals surface area contributed by atoms with Gasteiger partial charge in [0.2, 0.25) is 0 Å². The first-order valence-corrected chi connectivity index (χ1v) is 6.92. The van der Waals surface area contributed by atoms with E-state index in [0.717, 1.165) is 18.7 Å². The van der Waals surface area contributed by atoms with Crippen molar-refractivity contribution >= 4 is 11.6 Å². The van der Waals surface area contributed by atoms with Gasteiger partial charge in [-0.15, -0.1) is 0 Å².